The average molecular weight is 361 g/mol. The fourth-order valence-corrected chi connectivity index (χ4v) is 2.97. The molecule has 0 amide bonds. The third-order valence-electron chi connectivity index (χ3n) is 4.23. The Balaban J connectivity index is 2.09. The van der Waals surface area contributed by atoms with E-state index in [1.165, 1.54) is 30.3 Å². The van der Waals surface area contributed by atoms with Crippen molar-refractivity contribution in [3.05, 3.63) is 99.1 Å². The van der Waals surface area contributed by atoms with E-state index in [9.17, 15) is 19.3 Å². The first-order chi connectivity index (χ1) is 13.1. The van der Waals surface area contributed by atoms with Gasteiger partial charge >= 0.3 is 0 Å². The Labute approximate surface area is 152 Å². The van der Waals surface area contributed by atoms with E-state index < -0.39 is 16.3 Å². The molecule has 0 unspecified atom stereocenters. The summed E-state index contributed by atoms with van der Waals surface area (Å²) in [6.07, 6.45) is 0. The predicted molar refractivity (Wildman–Crippen MR) is 99.4 cm³/mol. The second kappa shape index (κ2) is 6.45. The molecule has 0 atom stereocenters. The van der Waals surface area contributed by atoms with Crippen LogP contribution in [-0.4, -0.2) is 14.7 Å². The lowest BCUT2D eigenvalue weighted by Gasteiger charge is -2.11. The lowest BCUT2D eigenvalue weighted by molar-refractivity contribution is -0.384. The minimum absolute atomic E-state index is 0.0709. The van der Waals surface area contributed by atoms with Crippen molar-refractivity contribution in [2.45, 2.75) is 0 Å². The van der Waals surface area contributed by atoms with Gasteiger partial charge < -0.3 is 0 Å². The third-order valence-corrected chi connectivity index (χ3v) is 4.23. The first-order valence-corrected chi connectivity index (χ1v) is 8.08. The molecule has 4 aromatic rings. The molecule has 0 saturated carbocycles. The zero-order chi connectivity index (χ0) is 19.0. The summed E-state index contributed by atoms with van der Waals surface area (Å²) in [7, 11) is 0. The molecule has 0 bridgehead atoms. The highest BCUT2D eigenvalue weighted by molar-refractivity contribution is 5.94. The van der Waals surface area contributed by atoms with Crippen LogP contribution in [0.2, 0.25) is 0 Å². The van der Waals surface area contributed by atoms with Crippen molar-refractivity contribution in [3.63, 3.8) is 0 Å². The van der Waals surface area contributed by atoms with Crippen LogP contribution in [0.5, 0.6) is 0 Å². The number of aromatic nitrogens is 2. The van der Waals surface area contributed by atoms with Crippen molar-refractivity contribution in [1.29, 1.82) is 0 Å². The number of nitro benzene ring substituents is 1. The van der Waals surface area contributed by atoms with Crippen molar-refractivity contribution in [2.75, 3.05) is 0 Å². The van der Waals surface area contributed by atoms with Crippen LogP contribution < -0.4 is 5.56 Å². The van der Waals surface area contributed by atoms with E-state index in [1.807, 2.05) is 0 Å². The molecule has 7 heteroatoms. The highest BCUT2D eigenvalue weighted by Crippen LogP contribution is 2.27. The summed E-state index contributed by atoms with van der Waals surface area (Å²) in [5.74, 6) is -0.393. The summed E-state index contributed by atoms with van der Waals surface area (Å²) in [6.45, 7) is 0. The molecule has 0 radical (unpaired) electrons. The van der Waals surface area contributed by atoms with E-state index in [1.54, 1.807) is 42.5 Å². The number of para-hydroxylation sites is 2. The number of halogens is 1. The summed E-state index contributed by atoms with van der Waals surface area (Å²) in [5.41, 5.74) is 0.406. The van der Waals surface area contributed by atoms with E-state index in [4.69, 9.17) is 0 Å². The van der Waals surface area contributed by atoms with Gasteiger partial charge in [0.25, 0.3) is 11.2 Å². The van der Waals surface area contributed by atoms with Crippen LogP contribution in [0.25, 0.3) is 27.7 Å². The first kappa shape index (κ1) is 16.6. The van der Waals surface area contributed by atoms with Gasteiger partial charge in [0.1, 0.15) is 11.5 Å². The van der Waals surface area contributed by atoms with E-state index in [-0.39, 0.29) is 11.4 Å². The van der Waals surface area contributed by atoms with Crippen LogP contribution >= 0.6 is 0 Å². The van der Waals surface area contributed by atoms with Crippen molar-refractivity contribution >= 4 is 16.5 Å². The van der Waals surface area contributed by atoms with Gasteiger partial charge in [-0.1, -0.05) is 30.3 Å². The zero-order valence-corrected chi connectivity index (χ0v) is 13.9. The molecule has 0 N–H and O–H groups in total. The van der Waals surface area contributed by atoms with E-state index in [0.29, 0.717) is 22.0 Å². The molecule has 3 aromatic carbocycles. The molecular weight excluding hydrogens is 349 g/mol. The second-order valence-corrected chi connectivity index (χ2v) is 5.86. The largest absolute Gasteiger partial charge is 0.295 e. The normalized spacial score (nSPS) is 10.9. The summed E-state index contributed by atoms with van der Waals surface area (Å²) < 4.78 is 14.3. The van der Waals surface area contributed by atoms with Crippen LogP contribution in [0.1, 0.15) is 0 Å². The maximum absolute atomic E-state index is 13.3. The van der Waals surface area contributed by atoms with Crippen LogP contribution in [0.15, 0.2) is 77.6 Å². The van der Waals surface area contributed by atoms with Gasteiger partial charge in [0.15, 0.2) is 0 Å². The molecule has 0 fully saturated rings. The number of hydrogen-bond acceptors (Lipinski definition) is 4. The van der Waals surface area contributed by atoms with Gasteiger partial charge in [-0.05, 0) is 36.4 Å². The predicted octanol–water partition coefficient (Wildman–Crippen LogP) is 4.10. The minimum Gasteiger partial charge on any atom is -0.267 e. The highest BCUT2D eigenvalue weighted by Gasteiger charge is 2.19. The molecule has 6 nitrogen and oxygen atoms in total. The number of hydrogen-bond donors (Lipinski definition) is 0. The van der Waals surface area contributed by atoms with E-state index >= 15 is 0 Å². The molecule has 0 saturated heterocycles. The van der Waals surface area contributed by atoms with Crippen molar-refractivity contribution in [2.24, 2.45) is 0 Å². The third kappa shape index (κ3) is 2.85. The number of nitrogens with zero attached hydrogens (tertiary/aromatic N) is 3. The maximum Gasteiger partial charge on any atom is 0.295 e. The van der Waals surface area contributed by atoms with Crippen LogP contribution in [0, 0.1) is 15.9 Å². The quantitative estimate of drug-likeness (QED) is 0.406. The molecule has 0 aliphatic heterocycles. The van der Waals surface area contributed by atoms with E-state index in [2.05, 4.69) is 5.10 Å². The topological polar surface area (TPSA) is 78.0 Å². The summed E-state index contributed by atoms with van der Waals surface area (Å²) >= 11 is 0. The smallest absolute Gasteiger partial charge is 0.267 e. The van der Waals surface area contributed by atoms with Gasteiger partial charge in [0.2, 0.25) is 0 Å². The molecule has 27 heavy (non-hydrogen) atoms. The van der Waals surface area contributed by atoms with Crippen molar-refractivity contribution in [1.82, 2.24) is 9.78 Å². The van der Waals surface area contributed by atoms with Crippen molar-refractivity contribution < 1.29 is 9.31 Å². The number of benzene rings is 3. The Morgan fingerprint density at radius 1 is 0.889 bits per heavy atom. The molecule has 0 aliphatic carbocycles. The minimum atomic E-state index is -0.559. The number of nitro groups is 1. The van der Waals surface area contributed by atoms with Crippen LogP contribution in [0.4, 0.5) is 10.1 Å². The highest BCUT2D eigenvalue weighted by atomic mass is 19.1. The Kier molecular flexibility index (Phi) is 3.97. The van der Waals surface area contributed by atoms with Crippen molar-refractivity contribution in [3.8, 4) is 16.9 Å². The van der Waals surface area contributed by atoms with Gasteiger partial charge in [-0.25, -0.2) is 4.39 Å². The van der Waals surface area contributed by atoms with E-state index in [0.717, 1.165) is 4.68 Å². The molecule has 132 valence electrons. The van der Waals surface area contributed by atoms with Crippen LogP contribution in [-0.2, 0) is 0 Å². The molecule has 0 spiro atoms. The Hall–Kier alpha value is -3.87. The van der Waals surface area contributed by atoms with Crippen LogP contribution in [0.3, 0.4) is 0 Å². The van der Waals surface area contributed by atoms with Gasteiger partial charge in [-0.2, -0.15) is 9.78 Å². The van der Waals surface area contributed by atoms with Gasteiger partial charge in [-0.3, -0.25) is 14.9 Å². The summed E-state index contributed by atoms with van der Waals surface area (Å²) in [6, 6.07) is 18.5. The fraction of sp³-hybridized carbons (Fsp3) is 0. The Morgan fingerprint density at radius 3 is 2.22 bits per heavy atom. The molecule has 0 aliphatic rings. The van der Waals surface area contributed by atoms with Gasteiger partial charge in [0.05, 0.1) is 16.0 Å². The zero-order valence-electron chi connectivity index (χ0n) is 13.9. The standard InChI is InChI=1S/C20H12FN3O3/c21-14-11-9-13(10-12-14)19-15-5-1-2-6-16(15)20(25)23(22-19)17-7-3-4-8-18(17)24(26)27/h1-12H. The second-order valence-electron chi connectivity index (χ2n) is 5.86. The Bertz CT molecular complexity index is 1230. The molecule has 1 heterocycles. The first-order valence-electron chi connectivity index (χ1n) is 8.08. The van der Waals surface area contributed by atoms with Gasteiger partial charge in [-0.15, -0.1) is 0 Å². The van der Waals surface area contributed by atoms with Gasteiger partial charge in [0, 0.05) is 17.0 Å². The SMILES string of the molecule is O=c1c2ccccc2c(-c2ccc(F)cc2)nn1-c1ccccc1[N+](=O)[O-]. The lowest BCUT2D eigenvalue weighted by Crippen LogP contribution is -2.23. The summed E-state index contributed by atoms with van der Waals surface area (Å²) in [4.78, 5) is 23.8. The molecule has 1 aromatic heterocycles. The fourth-order valence-electron chi connectivity index (χ4n) is 2.97. The maximum atomic E-state index is 13.3. The molecule has 4 rings (SSSR count). The lowest BCUT2D eigenvalue weighted by atomic mass is 10.0. The molecular formula is C20H12FN3O3. The number of rotatable bonds is 3. The average Bonchev–Trinajstić information content (AvgIpc) is 2.69. The monoisotopic (exact) mass is 361 g/mol. The Morgan fingerprint density at radius 2 is 1.52 bits per heavy atom. The number of fused-ring (bicyclic) bond motifs is 1. The summed E-state index contributed by atoms with van der Waals surface area (Å²) in [5, 5.41) is 16.7.